The van der Waals surface area contributed by atoms with Crippen molar-refractivity contribution >= 4 is 18.3 Å². The van der Waals surface area contributed by atoms with Gasteiger partial charge in [0, 0.05) is 13.1 Å². The third-order valence-corrected chi connectivity index (χ3v) is 3.77. The number of carbonyl (C=O) groups excluding carboxylic acids is 1. The van der Waals surface area contributed by atoms with Gasteiger partial charge < -0.3 is 19.7 Å². The van der Waals surface area contributed by atoms with Crippen molar-refractivity contribution in [2.24, 2.45) is 5.92 Å². The minimum atomic E-state index is -0.132. The van der Waals surface area contributed by atoms with Crippen LogP contribution in [0.15, 0.2) is 6.33 Å². The summed E-state index contributed by atoms with van der Waals surface area (Å²) in [5.41, 5.74) is 0.301. The van der Waals surface area contributed by atoms with E-state index in [1.54, 1.807) is 0 Å². The van der Waals surface area contributed by atoms with Crippen LogP contribution in [-0.4, -0.2) is 61.7 Å². The Balaban J connectivity index is 0.00000242. The monoisotopic (exact) mass is 330 g/mol. The summed E-state index contributed by atoms with van der Waals surface area (Å²) < 4.78 is 10.3. The van der Waals surface area contributed by atoms with Crippen LogP contribution in [-0.2, 0) is 0 Å². The minimum Gasteiger partial charge on any atom is -0.480 e. The molecule has 8 heteroatoms. The number of carbonyl (C=O) groups is 1. The van der Waals surface area contributed by atoms with Crippen LogP contribution in [0.1, 0.15) is 23.2 Å². The Morgan fingerprint density at radius 3 is 2.27 bits per heavy atom. The van der Waals surface area contributed by atoms with Crippen molar-refractivity contribution in [3.8, 4) is 11.8 Å². The van der Waals surface area contributed by atoms with E-state index in [4.69, 9.17) is 9.47 Å². The van der Waals surface area contributed by atoms with E-state index in [-0.39, 0.29) is 30.1 Å². The quantitative estimate of drug-likeness (QED) is 0.867. The first-order chi connectivity index (χ1) is 10.2. The van der Waals surface area contributed by atoms with Crippen LogP contribution in [0.3, 0.4) is 0 Å². The first-order valence-corrected chi connectivity index (χ1v) is 7.08. The highest BCUT2D eigenvalue weighted by Gasteiger charge is 2.29. The molecule has 0 aliphatic carbocycles. The van der Waals surface area contributed by atoms with Gasteiger partial charge in [-0.3, -0.25) is 4.79 Å². The summed E-state index contributed by atoms with van der Waals surface area (Å²) in [6.45, 7) is 2.45. The lowest BCUT2D eigenvalue weighted by molar-refractivity contribution is 0.0682. The number of hydrogen-bond donors (Lipinski definition) is 1. The molecule has 1 aliphatic rings. The van der Waals surface area contributed by atoms with E-state index < -0.39 is 0 Å². The Morgan fingerprint density at radius 1 is 1.27 bits per heavy atom. The predicted molar refractivity (Wildman–Crippen MR) is 84.9 cm³/mol. The molecule has 1 aliphatic heterocycles. The van der Waals surface area contributed by atoms with Crippen molar-refractivity contribution in [2.75, 3.05) is 40.9 Å². The lowest BCUT2D eigenvalue weighted by atomic mass is 9.96. The molecular formula is C14H23ClN4O3. The normalized spacial score (nSPS) is 15.1. The molecule has 2 heterocycles. The summed E-state index contributed by atoms with van der Waals surface area (Å²) in [7, 11) is 4.92. The first-order valence-electron chi connectivity index (χ1n) is 7.08. The van der Waals surface area contributed by atoms with E-state index in [9.17, 15) is 4.79 Å². The number of nitrogens with one attached hydrogen (secondary N) is 1. The highest BCUT2D eigenvalue weighted by molar-refractivity contribution is 5.98. The molecule has 0 aromatic carbocycles. The Labute approximate surface area is 136 Å². The summed E-state index contributed by atoms with van der Waals surface area (Å²) in [6.07, 6.45) is 3.31. The van der Waals surface area contributed by atoms with Crippen LogP contribution in [0.4, 0.5) is 0 Å². The molecule has 1 N–H and O–H groups in total. The third-order valence-electron chi connectivity index (χ3n) is 3.77. The van der Waals surface area contributed by atoms with E-state index in [1.807, 2.05) is 11.9 Å². The number of piperidine rings is 1. The molecule has 1 amide bonds. The van der Waals surface area contributed by atoms with Gasteiger partial charge in [0.2, 0.25) is 11.8 Å². The number of halogens is 1. The van der Waals surface area contributed by atoms with Crippen LogP contribution in [0.25, 0.3) is 0 Å². The summed E-state index contributed by atoms with van der Waals surface area (Å²) in [5.74, 6) is 0.996. The highest BCUT2D eigenvalue weighted by Crippen LogP contribution is 2.27. The minimum absolute atomic E-state index is 0. The third kappa shape index (κ3) is 3.98. The van der Waals surface area contributed by atoms with Gasteiger partial charge in [0.25, 0.3) is 5.91 Å². The van der Waals surface area contributed by atoms with Crippen molar-refractivity contribution in [1.29, 1.82) is 0 Å². The van der Waals surface area contributed by atoms with Crippen molar-refractivity contribution in [1.82, 2.24) is 20.2 Å². The zero-order chi connectivity index (χ0) is 15.2. The van der Waals surface area contributed by atoms with Gasteiger partial charge in [-0.25, -0.2) is 9.97 Å². The number of ether oxygens (including phenoxy) is 2. The molecule has 0 bridgehead atoms. The van der Waals surface area contributed by atoms with Crippen LogP contribution in [0.2, 0.25) is 0 Å². The number of methoxy groups -OCH3 is 2. The van der Waals surface area contributed by atoms with Gasteiger partial charge in [0.15, 0.2) is 5.56 Å². The smallest absolute Gasteiger partial charge is 0.264 e. The van der Waals surface area contributed by atoms with E-state index in [0.717, 1.165) is 32.5 Å². The molecule has 1 saturated heterocycles. The number of hydrogen-bond acceptors (Lipinski definition) is 6. The fraction of sp³-hybridized carbons (Fsp3) is 0.643. The number of aromatic nitrogens is 2. The van der Waals surface area contributed by atoms with Crippen LogP contribution in [0.5, 0.6) is 11.8 Å². The summed E-state index contributed by atoms with van der Waals surface area (Å²) in [4.78, 5) is 22.5. The maximum Gasteiger partial charge on any atom is 0.264 e. The molecule has 1 aromatic rings. The summed E-state index contributed by atoms with van der Waals surface area (Å²) in [6, 6.07) is 0. The molecule has 7 nitrogen and oxygen atoms in total. The first kappa shape index (κ1) is 18.4. The molecule has 124 valence electrons. The van der Waals surface area contributed by atoms with E-state index in [1.165, 1.54) is 20.5 Å². The Hall–Kier alpha value is -1.60. The molecule has 0 spiro atoms. The average Bonchev–Trinajstić information content (AvgIpc) is 2.54. The topological polar surface area (TPSA) is 76.6 Å². The van der Waals surface area contributed by atoms with Gasteiger partial charge in [-0.15, -0.1) is 12.4 Å². The number of rotatable bonds is 5. The maximum absolute atomic E-state index is 12.7. The van der Waals surface area contributed by atoms with E-state index in [2.05, 4.69) is 15.3 Å². The molecular weight excluding hydrogens is 308 g/mol. The lowest BCUT2D eigenvalue weighted by Crippen LogP contribution is -2.40. The summed E-state index contributed by atoms with van der Waals surface area (Å²) >= 11 is 0. The molecule has 1 aromatic heterocycles. The second kappa shape index (κ2) is 8.75. The second-order valence-corrected chi connectivity index (χ2v) is 5.06. The van der Waals surface area contributed by atoms with Crippen molar-refractivity contribution in [2.45, 2.75) is 12.8 Å². The molecule has 0 radical (unpaired) electrons. The molecule has 0 atom stereocenters. The SMILES string of the molecule is CNCC1CCN(C(=O)c2c(OC)ncnc2OC)CC1.Cl. The van der Waals surface area contributed by atoms with Gasteiger partial charge in [-0.05, 0) is 32.4 Å². The van der Waals surface area contributed by atoms with Gasteiger partial charge in [0.05, 0.1) is 14.2 Å². The fourth-order valence-corrected chi connectivity index (χ4v) is 2.63. The largest absolute Gasteiger partial charge is 0.480 e. The lowest BCUT2D eigenvalue weighted by Gasteiger charge is -2.32. The molecule has 2 rings (SSSR count). The van der Waals surface area contributed by atoms with Gasteiger partial charge >= 0.3 is 0 Å². The Kier molecular flexibility index (Phi) is 7.34. The molecule has 1 fully saturated rings. The highest BCUT2D eigenvalue weighted by atomic mass is 35.5. The fourth-order valence-electron chi connectivity index (χ4n) is 2.63. The molecule has 22 heavy (non-hydrogen) atoms. The van der Waals surface area contributed by atoms with Gasteiger partial charge in [0.1, 0.15) is 6.33 Å². The molecule has 0 unspecified atom stereocenters. The van der Waals surface area contributed by atoms with E-state index >= 15 is 0 Å². The van der Waals surface area contributed by atoms with Crippen LogP contribution >= 0.6 is 12.4 Å². The van der Waals surface area contributed by atoms with E-state index in [0.29, 0.717) is 11.5 Å². The Morgan fingerprint density at radius 2 is 1.82 bits per heavy atom. The van der Waals surface area contributed by atoms with Crippen molar-refractivity contribution < 1.29 is 14.3 Å². The Bertz CT molecular complexity index is 471. The maximum atomic E-state index is 12.7. The number of nitrogens with zero attached hydrogens (tertiary/aromatic N) is 3. The zero-order valence-corrected chi connectivity index (χ0v) is 14.0. The van der Waals surface area contributed by atoms with Crippen molar-refractivity contribution in [3.63, 3.8) is 0 Å². The van der Waals surface area contributed by atoms with Gasteiger partial charge in [-0.2, -0.15) is 0 Å². The second-order valence-electron chi connectivity index (χ2n) is 5.06. The van der Waals surface area contributed by atoms with Crippen LogP contribution in [0, 0.1) is 5.92 Å². The zero-order valence-electron chi connectivity index (χ0n) is 13.2. The number of amides is 1. The number of likely N-dealkylation sites (tertiary alicyclic amines) is 1. The summed E-state index contributed by atoms with van der Waals surface area (Å²) in [5, 5.41) is 3.19. The van der Waals surface area contributed by atoms with Gasteiger partial charge in [-0.1, -0.05) is 0 Å². The standard InChI is InChI=1S/C14H22N4O3.ClH/c1-15-8-10-4-6-18(7-5-10)14(19)11-12(20-2)16-9-17-13(11)21-3;/h9-10,15H,4-8H2,1-3H3;1H. The predicted octanol–water partition coefficient (Wildman–Crippen LogP) is 0.987. The average molecular weight is 331 g/mol. The van der Waals surface area contributed by atoms with Crippen LogP contribution < -0.4 is 14.8 Å². The van der Waals surface area contributed by atoms with Crippen molar-refractivity contribution in [3.05, 3.63) is 11.9 Å². The molecule has 0 saturated carbocycles.